The van der Waals surface area contributed by atoms with Gasteiger partial charge in [-0.05, 0) is 12.1 Å². The van der Waals surface area contributed by atoms with Crippen LogP contribution in [0.4, 0.5) is 0 Å². The topological polar surface area (TPSA) is 92.5 Å². The lowest BCUT2D eigenvalue weighted by molar-refractivity contribution is -0.116. The van der Waals surface area contributed by atoms with Crippen LogP contribution in [0.5, 0.6) is 17.2 Å². The van der Waals surface area contributed by atoms with Crippen molar-refractivity contribution in [3.8, 4) is 17.2 Å². The van der Waals surface area contributed by atoms with Crippen molar-refractivity contribution in [2.45, 2.75) is 0 Å². The fourth-order valence-corrected chi connectivity index (χ4v) is 2.15. The average molecular weight is 295 g/mol. The Morgan fingerprint density at radius 1 is 1.35 bits per heavy atom. The first-order valence-electron chi connectivity index (χ1n) is 5.62. The van der Waals surface area contributed by atoms with Gasteiger partial charge in [-0.1, -0.05) is 11.8 Å². The van der Waals surface area contributed by atoms with Crippen molar-refractivity contribution in [2.75, 3.05) is 20.0 Å². The van der Waals surface area contributed by atoms with Gasteiger partial charge in [0.1, 0.15) is 0 Å². The Bertz CT molecular complexity index is 561. The number of methoxy groups -OCH3 is 2. The van der Waals surface area contributed by atoms with Crippen LogP contribution in [-0.2, 0) is 4.79 Å². The van der Waals surface area contributed by atoms with Gasteiger partial charge >= 0.3 is 0 Å². The van der Waals surface area contributed by atoms with E-state index in [1.54, 1.807) is 12.1 Å². The minimum absolute atomic E-state index is 0.0722. The zero-order valence-electron chi connectivity index (χ0n) is 10.9. The lowest BCUT2D eigenvalue weighted by Gasteiger charge is -2.08. The number of nitrogens with zero attached hydrogens (tertiary/aromatic N) is 2. The Morgan fingerprint density at radius 2 is 2.00 bits per heavy atom. The third kappa shape index (κ3) is 3.21. The zero-order chi connectivity index (χ0) is 14.5. The first-order chi connectivity index (χ1) is 9.63. The summed E-state index contributed by atoms with van der Waals surface area (Å²) in [6, 6.07) is 3.20. The normalized spacial score (nSPS) is 16.7. The Labute approximate surface area is 119 Å². The SMILES string of the molecule is COc1cc(/C=N\N=C2\NC(=O)CS2)cc(OC)c1O. The molecule has 2 N–H and O–H groups in total. The molecule has 0 unspecified atom stereocenters. The number of carbonyl (C=O) groups excluding carboxylic acids is 1. The average Bonchev–Trinajstić information content (AvgIpc) is 2.86. The second-order valence-corrected chi connectivity index (χ2v) is 4.72. The van der Waals surface area contributed by atoms with E-state index in [0.717, 1.165) is 0 Å². The van der Waals surface area contributed by atoms with E-state index >= 15 is 0 Å². The maximum absolute atomic E-state index is 11.0. The van der Waals surface area contributed by atoms with Crippen LogP contribution in [-0.4, -0.2) is 42.4 Å². The first kappa shape index (κ1) is 14.2. The number of aromatic hydroxyl groups is 1. The Balaban J connectivity index is 2.18. The van der Waals surface area contributed by atoms with Crippen LogP contribution in [0, 0.1) is 0 Å². The molecule has 20 heavy (non-hydrogen) atoms. The number of nitrogens with one attached hydrogen (secondary N) is 1. The molecule has 1 aliphatic rings. The number of phenolic OH excluding ortho intramolecular Hbond substituents is 1. The number of benzene rings is 1. The predicted octanol–water partition coefficient (Wildman–Crippen LogP) is 0.962. The van der Waals surface area contributed by atoms with Gasteiger partial charge < -0.3 is 19.9 Å². The molecule has 1 heterocycles. The summed E-state index contributed by atoms with van der Waals surface area (Å²) in [4.78, 5) is 11.0. The lowest BCUT2D eigenvalue weighted by atomic mass is 10.2. The minimum atomic E-state index is -0.0862. The van der Waals surface area contributed by atoms with Crippen molar-refractivity contribution in [3.63, 3.8) is 0 Å². The van der Waals surface area contributed by atoms with Crippen molar-refractivity contribution in [3.05, 3.63) is 17.7 Å². The van der Waals surface area contributed by atoms with Gasteiger partial charge in [0.05, 0.1) is 26.2 Å². The highest BCUT2D eigenvalue weighted by atomic mass is 32.2. The predicted molar refractivity (Wildman–Crippen MR) is 76.8 cm³/mol. The molecule has 7 nitrogen and oxygen atoms in total. The van der Waals surface area contributed by atoms with E-state index in [-0.39, 0.29) is 23.2 Å². The lowest BCUT2D eigenvalue weighted by Crippen LogP contribution is -2.19. The first-order valence-corrected chi connectivity index (χ1v) is 6.61. The van der Waals surface area contributed by atoms with E-state index < -0.39 is 0 Å². The molecule has 0 radical (unpaired) electrons. The Morgan fingerprint density at radius 3 is 2.50 bits per heavy atom. The van der Waals surface area contributed by atoms with Crippen molar-refractivity contribution < 1.29 is 19.4 Å². The molecule has 8 heteroatoms. The molecule has 1 saturated heterocycles. The van der Waals surface area contributed by atoms with E-state index in [1.165, 1.54) is 32.2 Å². The van der Waals surface area contributed by atoms with Gasteiger partial charge in [0.2, 0.25) is 11.7 Å². The van der Waals surface area contributed by atoms with Gasteiger partial charge in [-0.2, -0.15) is 5.10 Å². The largest absolute Gasteiger partial charge is 0.502 e. The number of amides is 1. The van der Waals surface area contributed by atoms with E-state index in [0.29, 0.717) is 16.5 Å². The second-order valence-electron chi connectivity index (χ2n) is 3.76. The summed E-state index contributed by atoms with van der Waals surface area (Å²) >= 11 is 1.29. The van der Waals surface area contributed by atoms with Crippen LogP contribution in [0.2, 0.25) is 0 Å². The highest BCUT2D eigenvalue weighted by Gasteiger charge is 2.16. The summed E-state index contributed by atoms with van der Waals surface area (Å²) in [7, 11) is 2.89. The summed E-state index contributed by atoms with van der Waals surface area (Å²) in [5.74, 6) is 0.757. The molecule has 0 saturated carbocycles. The number of carbonyl (C=O) groups is 1. The van der Waals surface area contributed by atoms with Crippen molar-refractivity contribution in [1.82, 2.24) is 5.32 Å². The molecular weight excluding hydrogens is 282 g/mol. The van der Waals surface area contributed by atoms with Crippen LogP contribution in [0.1, 0.15) is 5.56 Å². The third-order valence-electron chi connectivity index (χ3n) is 2.44. The molecule has 0 spiro atoms. The standard InChI is InChI=1S/C12H13N3O4S/c1-18-8-3-7(4-9(19-2)11(8)17)5-13-15-12-14-10(16)6-20-12/h3-5,17H,6H2,1-2H3,(H,14,15,16)/b13-5-. The highest BCUT2D eigenvalue weighted by Crippen LogP contribution is 2.36. The van der Waals surface area contributed by atoms with Gasteiger partial charge in [-0.25, -0.2) is 0 Å². The summed E-state index contributed by atoms with van der Waals surface area (Å²) in [5, 5.41) is 20.5. The van der Waals surface area contributed by atoms with E-state index in [1.807, 2.05) is 0 Å². The van der Waals surface area contributed by atoms with Crippen LogP contribution >= 0.6 is 11.8 Å². The summed E-state index contributed by atoms with van der Waals surface area (Å²) < 4.78 is 10.1. The monoisotopic (exact) mass is 295 g/mol. The number of hydrogen-bond donors (Lipinski definition) is 2. The van der Waals surface area contributed by atoms with Crippen LogP contribution in [0.15, 0.2) is 22.3 Å². The molecule has 1 aromatic carbocycles. The number of thioether (sulfide) groups is 1. The summed E-state index contributed by atoms with van der Waals surface area (Å²) in [5.41, 5.74) is 0.648. The zero-order valence-corrected chi connectivity index (χ0v) is 11.7. The van der Waals surface area contributed by atoms with Crippen molar-refractivity contribution >= 4 is 29.1 Å². The van der Waals surface area contributed by atoms with Gasteiger partial charge in [0.25, 0.3) is 0 Å². The fraction of sp³-hybridized carbons (Fsp3) is 0.250. The number of amidine groups is 1. The second kappa shape index (κ2) is 6.29. The van der Waals surface area contributed by atoms with Crippen LogP contribution < -0.4 is 14.8 Å². The van der Waals surface area contributed by atoms with E-state index in [2.05, 4.69) is 15.5 Å². The quantitative estimate of drug-likeness (QED) is 0.637. The van der Waals surface area contributed by atoms with Crippen molar-refractivity contribution in [1.29, 1.82) is 0 Å². The number of hydrogen-bond acceptors (Lipinski definition) is 7. The molecule has 0 atom stereocenters. The third-order valence-corrected chi connectivity index (χ3v) is 3.31. The molecule has 1 aromatic rings. The minimum Gasteiger partial charge on any atom is -0.502 e. The molecule has 0 aliphatic carbocycles. The molecule has 2 rings (SSSR count). The summed E-state index contributed by atoms with van der Waals surface area (Å²) in [6.45, 7) is 0. The number of phenols is 1. The Kier molecular flexibility index (Phi) is 4.46. The maximum Gasteiger partial charge on any atom is 0.236 e. The number of rotatable bonds is 4. The molecule has 1 amide bonds. The molecular formula is C12H13N3O4S. The smallest absolute Gasteiger partial charge is 0.236 e. The summed E-state index contributed by atoms with van der Waals surface area (Å²) in [6.07, 6.45) is 1.47. The Hall–Kier alpha value is -2.22. The van der Waals surface area contributed by atoms with Crippen LogP contribution in [0.25, 0.3) is 0 Å². The van der Waals surface area contributed by atoms with E-state index in [4.69, 9.17) is 9.47 Å². The van der Waals surface area contributed by atoms with E-state index in [9.17, 15) is 9.90 Å². The van der Waals surface area contributed by atoms with Crippen LogP contribution in [0.3, 0.4) is 0 Å². The molecule has 0 aromatic heterocycles. The number of ether oxygens (including phenoxy) is 2. The van der Waals surface area contributed by atoms with Gasteiger partial charge in [0, 0.05) is 5.56 Å². The molecule has 0 bridgehead atoms. The fourth-order valence-electron chi connectivity index (χ4n) is 1.52. The maximum atomic E-state index is 11.0. The molecule has 1 aliphatic heterocycles. The van der Waals surface area contributed by atoms with Gasteiger partial charge in [0.15, 0.2) is 16.7 Å². The van der Waals surface area contributed by atoms with Gasteiger partial charge in [-0.3, -0.25) is 4.79 Å². The van der Waals surface area contributed by atoms with Crippen molar-refractivity contribution in [2.24, 2.45) is 10.2 Å². The highest BCUT2D eigenvalue weighted by molar-refractivity contribution is 8.15. The molecule has 1 fully saturated rings. The van der Waals surface area contributed by atoms with Gasteiger partial charge in [-0.15, -0.1) is 5.10 Å². The molecule has 106 valence electrons.